The van der Waals surface area contributed by atoms with Crippen molar-refractivity contribution in [1.29, 1.82) is 0 Å². The standard InChI is InChI=1S/C30H26N6O4/c1-17(2)23-13-12-22-28(34-23)32-16-33-29(22)35-25-15-18(7-14-26(25)40-20-10-8-19(37)9-11-20)30(39)36-24-6-4-3-5-21(24)27(31)38/h3-17,37H,1-2H3,(H2,31,38)(H,36,39)(H,32,33,34,35). The van der Waals surface area contributed by atoms with E-state index in [0.717, 1.165) is 5.69 Å². The molecule has 0 bridgehead atoms. The summed E-state index contributed by atoms with van der Waals surface area (Å²) in [5.74, 6) is 0.581. The predicted octanol–water partition coefficient (Wildman–Crippen LogP) is 5.74. The lowest BCUT2D eigenvalue weighted by molar-refractivity contribution is 0.100. The predicted molar refractivity (Wildman–Crippen MR) is 152 cm³/mol. The minimum absolute atomic E-state index is 0.106. The van der Waals surface area contributed by atoms with E-state index < -0.39 is 11.8 Å². The molecule has 0 saturated carbocycles. The summed E-state index contributed by atoms with van der Waals surface area (Å²) < 4.78 is 6.08. The number of hydrogen-bond donors (Lipinski definition) is 4. The van der Waals surface area contributed by atoms with E-state index in [1.54, 1.807) is 54.6 Å². The second-order valence-electron chi connectivity index (χ2n) is 9.28. The van der Waals surface area contributed by atoms with Gasteiger partial charge < -0.3 is 26.2 Å². The van der Waals surface area contributed by atoms with E-state index in [1.807, 2.05) is 12.1 Å². The SMILES string of the molecule is CC(C)c1ccc2c(Nc3cc(C(=O)Nc4ccccc4C(N)=O)ccc3Oc3ccc(O)cc3)ncnc2n1. The number of nitrogens with zero attached hydrogens (tertiary/aromatic N) is 3. The average Bonchev–Trinajstić information content (AvgIpc) is 2.95. The number of rotatable bonds is 8. The number of phenols is 1. The van der Waals surface area contributed by atoms with E-state index in [-0.39, 0.29) is 17.2 Å². The fourth-order valence-electron chi connectivity index (χ4n) is 4.01. The summed E-state index contributed by atoms with van der Waals surface area (Å²) >= 11 is 0. The van der Waals surface area contributed by atoms with Crippen LogP contribution in [-0.2, 0) is 0 Å². The Kier molecular flexibility index (Phi) is 7.23. The van der Waals surface area contributed by atoms with E-state index in [4.69, 9.17) is 10.5 Å². The second-order valence-corrected chi connectivity index (χ2v) is 9.28. The largest absolute Gasteiger partial charge is 0.508 e. The van der Waals surface area contributed by atoms with Crippen LogP contribution in [0.2, 0.25) is 0 Å². The molecule has 0 saturated heterocycles. The first-order valence-corrected chi connectivity index (χ1v) is 12.5. The molecule has 40 heavy (non-hydrogen) atoms. The Morgan fingerprint density at radius 3 is 2.45 bits per heavy atom. The number of nitrogens with two attached hydrogens (primary N) is 1. The maximum absolute atomic E-state index is 13.2. The third-order valence-corrected chi connectivity index (χ3v) is 6.11. The number of carbonyl (C=O) groups is 2. The Bertz CT molecular complexity index is 1720. The van der Waals surface area contributed by atoms with Gasteiger partial charge in [-0.1, -0.05) is 26.0 Å². The number of nitrogens with one attached hydrogen (secondary N) is 2. The number of hydrogen-bond acceptors (Lipinski definition) is 8. The first-order chi connectivity index (χ1) is 19.3. The number of carbonyl (C=O) groups excluding carboxylic acids is 2. The summed E-state index contributed by atoms with van der Waals surface area (Å²) in [5.41, 5.74) is 8.13. The van der Waals surface area contributed by atoms with Crippen molar-refractivity contribution in [1.82, 2.24) is 15.0 Å². The molecule has 3 aromatic carbocycles. The Hall–Kier alpha value is -5.51. The molecule has 0 radical (unpaired) electrons. The normalized spacial score (nSPS) is 10.9. The van der Waals surface area contributed by atoms with Crippen molar-refractivity contribution in [2.75, 3.05) is 10.6 Å². The number of primary amides is 1. The fourth-order valence-corrected chi connectivity index (χ4v) is 4.01. The number of fused-ring (bicyclic) bond motifs is 1. The molecule has 2 aromatic heterocycles. The quantitative estimate of drug-likeness (QED) is 0.197. The Morgan fingerprint density at radius 2 is 1.70 bits per heavy atom. The van der Waals surface area contributed by atoms with Gasteiger partial charge in [0, 0.05) is 11.3 Å². The van der Waals surface area contributed by atoms with Gasteiger partial charge in [0.15, 0.2) is 11.4 Å². The van der Waals surface area contributed by atoms with E-state index in [1.165, 1.54) is 18.5 Å². The van der Waals surface area contributed by atoms with Crippen LogP contribution in [0.1, 0.15) is 46.2 Å². The van der Waals surface area contributed by atoms with Gasteiger partial charge in [-0.05, 0) is 72.6 Å². The molecule has 10 heteroatoms. The molecule has 5 N–H and O–H groups in total. The second kappa shape index (κ2) is 11.1. The van der Waals surface area contributed by atoms with Crippen molar-refractivity contribution in [2.45, 2.75) is 19.8 Å². The lowest BCUT2D eigenvalue weighted by Crippen LogP contribution is -2.18. The lowest BCUT2D eigenvalue weighted by atomic mass is 10.1. The molecule has 2 heterocycles. The summed E-state index contributed by atoms with van der Waals surface area (Å²) in [6.07, 6.45) is 1.42. The van der Waals surface area contributed by atoms with E-state index >= 15 is 0 Å². The molecule has 0 aliphatic rings. The van der Waals surface area contributed by atoms with Gasteiger partial charge in [0.1, 0.15) is 23.6 Å². The van der Waals surface area contributed by atoms with Crippen LogP contribution in [-0.4, -0.2) is 31.9 Å². The number of phenolic OH excluding ortho intramolecular Hbond substituents is 1. The molecule has 0 aliphatic heterocycles. The smallest absolute Gasteiger partial charge is 0.255 e. The maximum Gasteiger partial charge on any atom is 0.255 e. The highest BCUT2D eigenvalue weighted by Crippen LogP contribution is 2.35. The first kappa shape index (κ1) is 26.1. The Balaban J connectivity index is 1.53. The third kappa shape index (κ3) is 5.65. The monoisotopic (exact) mass is 534 g/mol. The van der Waals surface area contributed by atoms with E-state index in [9.17, 15) is 14.7 Å². The number of pyridine rings is 1. The molecular formula is C30H26N6O4. The van der Waals surface area contributed by atoms with Gasteiger partial charge in [0.05, 0.1) is 22.3 Å². The van der Waals surface area contributed by atoms with Crippen LogP contribution in [0.25, 0.3) is 11.0 Å². The van der Waals surface area contributed by atoms with Gasteiger partial charge >= 0.3 is 0 Å². The fraction of sp³-hybridized carbons (Fsp3) is 0.100. The minimum Gasteiger partial charge on any atom is -0.508 e. The summed E-state index contributed by atoms with van der Waals surface area (Å²) in [6, 6.07) is 21.4. The van der Waals surface area contributed by atoms with E-state index in [2.05, 4.69) is 39.4 Å². The number of benzene rings is 3. The number of aromatic hydroxyl groups is 1. The van der Waals surface area contributed by atoms with Gasteiger partial charge in [-0.15, -0.1) is 0 Å². The van der Waals surface area contributed by atoms with Crippen molar-refractivity contribution in [2.24, 2.45) is 5.73 Å². The zero-order valence-corrected chi connectivity index (χ0v) is 21.8. The molecule has 5 rings (SSSR count). The number of amides is 2. The van der Waals surface area contributed by atoms with Gasteiger partial charge in [-0.3, -0.25) is 9.59 Å². The molecule has 0 fully saturated rings. The zero-order chi connectivity index (χ0) is 28.2. The molecule has 2 amide bonds. The van der Waals surface area contributed by atoms with Crippen molar-refractivity contribution in [3.05, 3.63) is 102 Å². The maximum atomic E-state index is 13.2. The lowest BCUT2D eigenvalue weighted by Gasteiger charge is -2.16. The molecule has 0 atom stereocenters. The van der Waals surface area contributed by atoms with Gasteiger partial charge in [-0.2, -0.15) is 0 Å². The van der Waals surface area contributed by atoms with Crippen LogP contribution in [0.15, 0.2) is 85.2 Å². The molecule has 0 aliphatic carbocycles. The zero-order valence-electron chi connectivity index (χ0n) is 21.8. The van der Waals surface area contributed by atoms with E-state index in [0.29, 0.717) is 45.3 Å². The third-order valence-electron chi connectivity index (χ3n) is 6.11. The number of anilines is 3. The summed E-state index contributed by atoms with van der Waals surface area (Å²) in [4.78, 5) is 38.4. The number of para-hydroxylation sites is 1. The summed E-state index contributed by atoms with van der Waals surface area (Å²) in [7, 11) is 0. The number of aromatic nitrogens is 3. The van der Waals surface area contributed by atoms with Gasteiger partial charge in [0.25, 0.3) is 11.8 Å². The first-order valence-electron chi connectivity index (χ1n) is 12.5. The Morgan fingerprint density at radius 1 is 0.925 bits per heavy atom. The van der Waals surface area contributed by atoms with Crippen LogP contribution in [0.5, 0.6) is 17.2 Å². The van der Waals surface area contributed by atoms with Crippen LogP contribution >= 0.6 is 0 Å². The molecule has 5 aromatic rings. The molecule has 200 valence electrons. The highest BCUT2D eigenvalue weighted by Gasteiger charge is 2.17. The minimum atomic E-state index is -0.652. The average molecular weight is 535 g/mol. The molecule has 0 spiro atoms. The van der Waals surface area contributed by atoms with Crippen molar-refractivity contribution in [3.63, 3.8) is 0 Å². The van der Waals surface area contributed by atoms with Crippen LogP contribution < -0.4 is 21.1 Å². The van der Waals surface area contributed by atoms with Crippen LogP contribution in [0, 0.1) is 0 Å². The summed E-state index contributed by atoms with van der Waals surface area (Å²) in [6.45, 7) is 4.11. The number of ether oxygens (including phenoxy) is 1. The molecule has 10 nitrogen and oxygen atoms in total. The van der Waals surface area contributed by atoms with Crippen LogP contribution in [0.3, 0.4) is 0 Å². The van der Waals surface area contributed by atoms with Crippen molar-refractivity contribution in [3.8, 4) is 17.2 Å². The highest BCUT2D eigenvalue weighted by atomic mass is 16.5. The van der Waals surface area contributed by atoms with Crippen molar-refractivity contribution < 1.29 is 19.4 Å². The highest BCUT2D eigenvalue weighted by molar-refractivity contribution is 6.09. The summed E-state index contributed by atoms with van der Waals surface area (Å²) in [5, 5.41) is 16.3. The Labute approximate surface area is 229 Å². The van der Waals surface area contributed by atoms with Gasteiger partial charge in [0.2, 0.25) is 0 Å². The van der Waals surface area contributed by atoms with Crippen molar-refractivity contribution >= 4 is 40.0 Å². The molecular weight excluding hydrogens is 508 g/mol. The molecule has 0 unspecified atom stereocenters. The van der Waals surface area contributed by atoms with Crippen LogP contribution in [0.4, 0.5) is 17.2 Å². The topological polar surface area (TPSA) is 152 Å². The van der Waals surface area contributed by atoms with Gasteiger partial charge in [-0.25, -0.2) is 15.0 Å².